The second kappa shape index (κ2) is 7.73. The molecule has 1 aliphatic carbocycles. The highest BCUT2D eigenvalue weighted by atomic mass is 19.1. The second-order valence-corrected chi connectivity index (χ2v) is 9.82. The lowest BCUT2D eigenvalue weighted by atomic mass is 9.98. The molecule has 2 amide bonds. The molecule has 0 spiro atoms. The number of nitrogens with zero attached hydrogens (tertiary/aromatic N) is 3. The average Bonchev–Trinajstić information content (AvgIpc) is 3.51. The van der Waals surface area contributed by atoms with Crippen molar-refractivity contribution in [1.29, 1.82) is 0 Å². The molecule has 2 N–H and O–H groups in total. The summed E-state index contributed by atoms with van der Waals surface area (Å²) < 4.78 is 21.1. The molecule has 9 heteroatoms. The first-order chi connectivity index (χ1) is 16.0. The maximum atomic E-state index is 15.8. The van der Waals surface area contributed by atoms with Crippen LogP contribution in [-0.2, 0) is 9.53 Å². The largest absolute Gasteiger partial charge is 0.444 e. The summed E-state index contributed by atoms with van der Waals surface area (Å²) in [4.78, 5) is 34.9. The van der Waals surface area contributed by atoms with E-state index in [-0.39, 0.29) is 34.8 Å². The van der Waals surface area contributed by atoms with E-state index in [1.54, 1.807) is 51.4 Å². The summed E-state index contributed by atoms with van der Waals surface area (Å²) in [6, 6.07) is 5.02. The number of hydrogen-bond donors (Lipinski definition) is 2. The maximum Gasteiger partial charge on any atom is 0.412 e. The topological polar surface area (TPSA) is 105 Å². The Hall–Kier alpha value is -3.59. The highest BCUT2D eigenvalue weighted by Crippen LogP contribution is 2.50. The summed E-state index contributed by atoms with van der Waals surface area (Å²) in [5, 5.41) is 13.9. The van der Waals surface area contributed by atoms with Crippen LogP contribution in [0.4, 0.5) is 20.7 Å². The van der Waals surface area contributed by atoms with Gasteiger partial charge in [-0.2, -0.15) is 0 Å². The molecule has 1 saturated carbocycles. The minimum Gasteiger partial charge on any atom is -0.444 e. The Morgan fingerprint density at radius 2 is 2.03 bits per heavy atom. The smallest absolute Gasteiger partial charge is 0.412 e. The maximum absolute atomic E-state index is 15.8. The van der Waals surface area contributed by atoms with Crippen LogP contribution in [0, 0.1) is 24.6 Å². The van der Waals surface area contributed by atoms with Crippen molar-refractivity contribution in [2.45, 2.75) is 45.9 Å². The Bertz CT molecular complexity index is 1340. The van der Waals surface area contributed by atoms with Crippen molar-refractivity contribution in [3.05, 3.63) is 48.2 Å². The molecule has 5 rings (SSSR count). The number of ether oxygens (including phenoxy) is 1. The van der Waals surface area contributed by atoms with Gasteiger partial charge >= 0.3 is 6.09 Å². The van der Waals surface area contributed by atoms with Crippen LogP contribution in [0.15, 0.2) is 36.8 Å². The fraction of sp³-hybridized carbons (Fsp3) is 0.360. The fourth-order valence-electron chi connectivity index (χ4n) is 4.44. The first-order valence-corrected chi connectivity index (χ1v) is 11.1. The van der Waals surface area contributed by atoms with E-state index < -0.39 is 23.7 Å². The molecule has 34 heavy (non-hydrogen) atoms. The molecule has 1 saturated heterocycles. The lowest BCUT2D eigenvalue weighted by molar-refractivity contribution is -0.119. The molecule has 3 aromatic rings. The van der Waals surface area contributed by atoms with Gasteiger partial charge in [-0.3, -0.25) is 20.0 Å². The summed E-state index contributed by atoms with van der Waals surface area (Å²) in [6.07, 6.45) is 3.52. The summed E-state index contributed by atoms with van der Waals surface area (Å²) in [7, 11) is 0. The summed E-state index contributed by atoms with van der Waals surface area (Å²) in [6.45, 7) is 6.98. The van der Waals surface area contributed by atoms with Crippen molar-refractivity contribution in [3.63, 3.8) is 0 Å². The Morgan fingerprint density at radius 3 is 2.68 bits per heavy atom. The van der Waals surface area contributed by atoms with E-state index in [1.165, 1.54) is 11.1 Å². The zero-order chi connectivity index (χ0) is 24.4. The van der Waals surface area contributed by atoms with E-state index in [4.69, 9.17) is 4.74 Å². The highest BCUT2D eigenvalue weighted by molar-refractivity contribution is 6.06. The number of benzene rings is 1. The predicted octanol–water partition coefficient (Wildman–Crippen LogP) is 4.39. The van der Waals surface area contributed by atoms with Crippen LogP contribution in [-0.4, -0.2) is 38.9 Å². The van der Waals surface area contributed by atoms with E-state index in [2.05, 4.69) is 15.3 Å². The van der Waals surface area contributed by atoms with E-state index in [0.717, 1.165) is 5.56 Å². The van der Waals surface area contributed by atoms with Gasteiger partial charge in [0.05, 0.1) is 5.69 Å². The molecule has 1 aromatic carbocycles. The summed E-state index contributed by atoms with van der Waals surface area (Å²) >= 11 is 0. The van der Waals surface area contributed by atoms with Crippen molar-refractivity contribution in [2.75, 3.05) is 10.2 Å². The first kappa shape index (κ1) is 22.2. The molecule has 1 aliphatic heterocycles. The lowest BCUT2D eigenvalue weighted by Crippen LogP contribution is -2.37. The normalized spacial score (nSPS) is 21.5. The number of aromatic nitrogens is 2. The second-order valence-electron chi connectivity index (χ2n) is 9.82. The van der Waals surface area contributed by atoms with Crippen LogP contribution in [0.3, 0.4) is 0 Å². The van der Waals surface area contributed by atoms with Gasteiger partial charge in [-0.25, -0.2) is 14.2 Å². The third kappa shape index (κ3) is 3.75. The molecule has 2 aromatic heterocycles. The number of carbonyl (C=O) groups is 2. The van der Waals surface area contributed by atoms with Gasteiger partial charge in [-0.05, 0) is 63.3 Å². The Labute approximate surface area is 195 Å². The van der Waals surface area contributed by atoms with Crippen LogP contribution in [0.5, 0.6) is 0 Å². The summed E-state index contributed by atoms with van der Waals surface area (Å²) in [5.74, 6) is -0.778. The lowest BCUT2D eigenvalue weighted by Gasteiger charge is -2.23. The quantitative estimate of drug-likeness (QED) is 0.596. The van der Waals surface area contributed by atoms with Crippen molar-refractivity contribution < 1.29 is 23.8 Å². The first-order valence-electron chi connectivity index (χ1n) is 11.1. The number of carbonyl (C=O) groups excluding carboxylic acids is 2. The molecular formula is C25H25FN4O4. The average molecular weight is 464 g/mol. The van der Waals surface area contributed by atoms with Crippen LogP contribution in [0.1, 0.15) is 32.8 Å². The number of halogens is 1. The summed E-state index contributed by atoms with van der Waals surface area (Å²) in [5.41, 5.74) is 0.742. The molecule has 0 bridgehead atoms. The van der Waals surface area contributed by atoms with Gasteiger partial charge in [0.1, 0.15) is 17.6 Å². The van der Waals surface area contributed by atoms with Crippen molar-refractivity contribution in [3.8, 4) is 11.1 Å². The Kier molecular flexibility index (Phi) is 5.05. The number of aliphatic hydroxyl groups is 1. The molecule has 3 unspecified atom stereocenters. The molecule has 176 valence electrons. The number of amides is 2. The van der Waals surface area contributed by atoms with Gasteiger partial charge < -0.3 is 9.84 Å². The van der Waals surface area contributed by atoms with Gasteiger partial charge in [-0.15, -0.1) is 0 Å². The van der Waals surface area contributed by atoms with Crippen LogP contribution in [0.25, 0.3) is 21.9 Å². The fourth-order valence-corrected chi connectivity index (χ4v) is 4.44. The van der Waals surface area contributed by atoms with E-state index >= 15 is 4.39 Å². The Balaban J connectivity index is 1.65. The number of aryl methyl sites for hydroxylation is 1. The van der Waals surface area contributed by atoms with Gasteiger partial charge in [0.2, 0.25) is 5.91 Å². The standard InChI is InChI=1S/C25H25FN4O4/c1-12-5-6-27-10-17(12)14-7-13-8-19(30-22(31)15-9-16(15)23(30)32)28-11-18(13)21(20(14)26)29-24(33)34-25(2,3)4/h5-8,10-11,15-16,22,31H,9H2,1-4H3,(H,29,33). The molecular weight excluding hydrogens is 439 g/mol. The number of aliphatic hydroxyl groups excluding tert-OH is 1. The van der Waals surface area contributed by atoms with Gasteiger partial charge in [0.15, 0.2) is 5.82 Å². The highest BCUT2D eigenvalue weighted by Gasteiger charge is 2.59. The van der Waals surface area contributed by atoms with Gasteiger partial charge in [-0.1, -0.05) is 0 Å². The van der Waals surface area contributed by atoms with Crippen LogP contribution in [0.2, 0.25) is 0 Å². The van der Waals surface area contributed by atoms with Crippen molar-refractivity contribution in [1.82, 2.24) is 9.97 Å². The number of pyridine rings is 2. The molecule has 3 atom stereocenters. The van der Waals surface area contributed by atoms with Gasteiger partial charge in [0.25, 0.3) is 0 Å². The number of hydrogen-bond acceptors (Lipinski definition) is 6. The van der Waals surface area contributed by atoms with Crippen LogP contribution < -0.4 is 10.2 Å². The number of rotatable bonds is 3. The third-order valence-electron chi connectivity index (χ3n) is 6.19. The Morgan fingerprint density at radius 1 is 1.26 bits per heavy atom. The van der Waals surface area contributed by atoms with E-state index in [9.17, 15) is 14.7 Å². The molecule has 0 radical (unpaired) electrons. The molecule has 2 fully saturated rings. The predicted molar refractivity (Wildman–Crippen MR) is 125 cm³/mol. The minimum atomic E-state index is -0.928. The number of fused-ring (bicyclic) bond motifs is 2. The number of anilines is 2. The zero-order valence-corrected chi connectivity index (χ0v) is 19.3. The number of piperidine rings is 1. The minimum absolute atomic E-state index is 0.0729. The molecule has 8 nitrogen and oxygen atoms in total. The monoisotopic (exact) mass is 464 g/mol. The van der Waals surface area contributed by atoms with E-state index in [0.29, 0.717) is 22.8 Å². The SMILES string of the molecule is Cc1ccncc1-c1cc2cc(N3C(=O)C4CC4C3O)ncc2c(NC(=O)OC(C)(C)C)c1F. The van der Waals surface area contributed by atoms with Crippen molar-refractivity contribution in [2.24, 2.45) is 11.8 Å². The van der Waals surface area contributed by atoms with E-state index in [1.807, 2.05) is 6.92 Å². The zero-order valence-electron chi connectivity index (χ0n) is 19.3. The van der Waals surface area contributed by atoms with Gasteiger partial charge in [0, 0.05) is 46.9 Å². The van der Waals surface area contributed by atoms with Crippen molar-refractivity contribution >= 4 is 34.3 Å². The third-order valence-corrected chi connectivity index (χ3v) is 6.19. The number of nitrogens with one attached hydrogen (secondary N) is 1. The molecule has 2 aliphatic rings. The van der Waals surface area contributed by atoms with Crippen LogP contribution >= 0.6 is 0 Å². The molecule has 3 heterocycles.